The summed E-state index contributed by atoms with van der Waals surface area (Å²) in [6.07, 6.45) is -2.43. The van der Waals surface area contributed by atoms with Crippen molar-refractivity contribution < 1.29 is 22.7 Å². The van der Waals surface area contributed by atoms with Crippen LogP contribution < -0.4 is 0 Å². The third-order valence-electron chi connectivity index (χ3n) is 5.07. The molecule has 0 atom stereocenters. The van der Waals surface area contributed by atoms with E-state index >= 15 is 0 Å². The topological polar surface area (TPSA) is 34.5 Å². The molecular weight excluding hydrogens is 413 g/mol. The van der Waals surface area contributed by atoms with Gasteiger partial charge in [-0.15, -0.1) is 11.8 Å². The van der Waals surface area contributed by atoms with Gasteiger partial charge in [-0.2, -0.15) is 13.2 Å². The Morgan fingerprint density at radius 2 is 1.83 bits per heavy atom. The molecule has 1 aromatic heterocycles. The summed E-state index contributed by atoms with van der Waals surface area (Å²) >= 11 is 1.47. The second-order valence-electron chi connectivity index (χ2n) is 7.12. The van der Waals surface area contributed by atoms with E-state index in [9.17, 15) is 18.0 Å². The number of alkyl halides is 3. The zero-order valence-corrected chi connectivity index (χ0v) is 17.0. The van der Waals surface area contributed by atoms with Crippen molar-refractivity contribution in [1.82, 2.24) is 9.47 Å². The third-order valence-corrected chi connectivity index (χ3v) is 6.18. The SMILES string of the molecule is O=C(Cn1cc(SCc2cccc(C(F)(F)F)c2)c2ccccc21)N1CCOCC1. The van der Waals surface area contributed by atoms with Crippen molar-refractivity contribution in [3.8, 4) is 0 Å². The van der Waals surface area contributed by atoms with E-state index < -0.39 is 11.7 Å². The smallest absolute Gasteiger partial charge is 0.378 e. The van der Waals surface area contributed by atoms with Crippen molar-refractivity contribution in [2.45, 2.75) is 23.4 Å². The summed E-state index contributed by atoms with van der Waals surface area (Å²) in [4.78, 5) is 15.4. The minimum atomic E-state index is -4.35. The number of aromatic nitrogens is 1. The van der Waals surface area contributed by atoms with Gasteiger partial charge >= 0.3 is 6.18 Å². The molecule has 0 bridgehead atoms. The van der Waals surface area contributed by atoms with Crippen molar-refractivity contribution in [3.05, 3.63) is 65.9 Å². The predicted molar refractivity (Wildman–Crippen MR) is 110 cm³/mol. The number of hydrogen-bond acceptors (Lipinski definition) is 3. The van der Waals surface area contributed by atoms with E-state index in [1.807, 2.05) is 35.0 Å². The predicted octanol–water partition coefficient (Wildman–Crippen LogP) is 4.81. The molecule has 1 aliphatic heterocycles. The van der Waals surface area contributed by atoms with Crippen LogP contribution in [0.2, 0.25) is 0 Å². The summed E-state index contributed by atoms with van der Waals surface area (Å²) in [6, 6.07) is 13.2. The van der Waals surface area contributed by atoms with Gasteiger partial charge < -0.3 is 14.2 Å². The fourth-order valence-corrected chi connectivity index (χ4v) is 4.55. The average Bonchev–Trinajstić information content (AvgIpc) is 3.10. The lowest BCUT2D eigenvalue weighted by molar-refractivity contribution is -0.137. The highest BCUT2D eigenvalue weighted by atomic mass is 32.2. The molecule has 0 N–H and O–H groups in total. The maximum atomic E-state index is 13.0. The number of carbonyl (C=O) groups excluding carboxylic acids is 1. The van der Waals surface area contributed by atoms with Gasteiger partial charge in [0.15, 0.2) is 0 Å². The molecule has 8 heteroatoms. The van der Waals surface area contributed by atoms with Gasteiger partial charge in [-0.25, -0.2) is 0 Å². The minimum Gasteiger partial charge on any atom is -0.378 e. The molecule has 1 aliphatic rings. The van der Waals surface area contributed by atoms with Crippen LogP contribution in [0.25, 0.3) is 10.9 Å². The summed E-state index contributed by atoms with van der Waals surface area (Å²) < 4.78 is 46.1. The van der Waals surface area contributed by atoms with Crippen LogP contribution in [-0.2, 0) is 28.0 Å². The Morgan fingerprint density at radius 3 is 2.60 bits per heavy atom. The minimum absolute atomic E-state index is 0.0356. The number of benzene rings is 2. The molecule has 3 aromatic rings. The first-order chi connectivity index (χ1) is 14.4. The summed E-state index contributed by atoms with van der Waals surface area (Å²) in [5, 5.41) is 0.990. The van der Waals surface area contributed by atoms with Crippen LogP contribution in [-0.4, -0.2) is 41.7 Å². The lowest BCUT2D eigenvalue weighted by Gasteiger charge is -2.27. The number of carbonyl (C=O) groups is 1. The number of para-hydroxylation sites is 1. The molecule has 0 unspecified atom stereocenters. The van der Waals surface area contributed by atoms with Crippen molar-refractivity contribution in [2.75, 3.05) is 26.3 Å². The van der Waals surface area contributed by atoms with Crippen molar-refractivity contribution >= 4 is 28.6 Å². The molecule has 0 radical (unpaired) electrons. The van der Waals surface area contributed by atoms with Gasteiger partial charge in [0.05, 0.1) is 18.8 Å². The number of hydrogen-bond donors (Lipinski definition) is 0. The van der Waals surface area contributed by atoms with Crippen LogP contribution in [0, 0.1) is 0 Å². The highest BCUT2D eigenvalue weighted by Crippen LogP contribution is 2.34. The van der Waals surface area contributed by atoms with E-state index in [4.69, 9.17) is 4.74 Å². The highest BCUT2D eigenvalue weighted by molar-refractivity contribution is 7.98. The molecule has 1 fully saturated rings. The Bertz CT molecular complexity index is 1040. The molecule has 1 saturated heterocycles. The van der Waals surface area contributed by atoms with Gasteiger partial charge in [0.1, 0.15) is 6.54 Å². The first-order valence-corrected chi connectivity index (χ1v) is 10.6. The number of amides is 1. The first-order valence-electron chi connectivity index (χ1n) is 9.64. The van der Waals surface area contributed by atoms with Gasteiger partial charge in [-0.05, 0) is 17.7 Å². The molecule has 0 spiro atoms. The summed E-state index contributed by atoms with van der Waals surface area (Å²) in [5.41, 5.74) is 0.904. The summed E-state index contributed by atoms with van der Waals surface area (Å²) in [6.45, 7) is 2.52. The summed E-state index contributed by atoms with van der Waals surface area (Å²) in [5.74, 6) is 0.448. The second-order valence-corrected chi connectivity index (χ2v) is 8.14. The highest BCUT2D eigenvalue weighted by Gasteiger charge is 2.30. The fourth-order valence-electron chi connectivity index (χ4n) is 3.52. The van der Waals surface area contributed by atoms with Crippen molar-refractivity contribution in [1.29, 1.82) is 0 Å². The van der Waals surface area contributed by atoms with Crippen LogP contribution in [0.4, 0.5) is 13.2 Å². The van der Waals surface area contributed by atoms with Crippen LogP contribution in [0.5, 0.6) is 0 Å². The van der Waals surface area contributed by atoms with E-state index in [-0.39, 0.29) is 12.5 Å². The third kappa shape index (κ3) is 4.65. The lowest BCUT2D eigenvalue weighted by Crippen LogP contribution is -2.42. The van der Waals surface area contributed by atoms with Crippen LogP contribution >= 0.6 is 11.8 Å². The zero-order chi connectivity index (χ0) is 21.1. The zero-order valence-electron chi connectivity index (χ0n) is 16.2. The maximum Gasteiger partial charge on any atom is 0.416 e. The molecule has 0 aliphatic carbocycles. The Morgan fingerprint density at radius 1 is 1.07 bits per heavy atom. The largest absolute Gasteiger partial charge is 0.416 e. The van der Waals surface area contributed by atoms with Gasteiger partial charge in [-0.1, -0.05) is 36.4 Å². The number of nitrogens with zero attached hydrogens (tertiary/aromatic N) is 2. The van der Waals surface area contributed by atoms with Crippen LogP contribution in [0.3, 0.4) is 0 Å². The fraction of sp³-hybridized carbons (Fsp3) is 0.318. The standard InChI is InChI=1S/C22H21F3N2O2S/c23-22(24,25)17-5-3-4-16(12-17)15-30-20-13-27(19-7-2-1-6-18(19)20)14-21(28)26-8-10-29-11-9-26/h1-7,12-13H,8-11,14-15H2. The number of rotatable bonds is 5. The number of halogens is 3. The lowest BCUT2D eigenvalue weighted by atomic mass is 10.1. The number of thioether (sulfide) groups is 1. The number of ether oxygens (including phenoxy) is 1. The quantitative estimate of drug-likeness (QED) is 0.541. The van der Waals surface area contributed by atoms with E-state index in [1.54, 1.807) is 11.0 Å². The number of fused-ring (bicyclic) bond motifs is 1. The van der Waals surface area contributed by atoms with Gasteiger partial charge in [0.2, 0.25) is 5.91 Å². The van der Waals surface area contributed by atoms with Gasteiger partial charge in [-0.3, -0.25) is 4.79 Å². The molecule has 1 amide bonds. The molecule has 30 heavy (non-hydrogen) atoms. The normalized spacial score (nSPS) is 15.0. The van der Waals surface area contributed by atoms with Crippen LogP contribution in [0.15, 0.2) is 59.6 Å². The van der Waals surface area contributed by atoms with Crippen LogP contribution in [0.1, 0.15) is 11.1 Å². The van der Waals surface area contributed by atoms with Crippen molar-refractivity contribution in [3.63, 3.8) is 0 Å². The Hall–Kier alpha value is -2.45. The molecular formula is C22H21F3N2O2S. The summed E-state index contributed by atoms with van der Waals surface area (Å²) in [7, 11) is 0. The van der Waals surface area contributed by atoms with Gasteiger partial charge in [0, 0.05) is 40.8 Å². The molecule has 2 heterocycles. The molecule has 158 valence electrons. The Labute approximate surface area is 176 Å². The average molecular weight is 434 g/mol. The van der Waals surface area contributed by atoms with E-state index in [0.717, 1.165) is 21.9 Å². The molecule has 0 saturated carbocycles. The maximum absolute atomic E-state index is 13.0. The second kappa shape index (κ2) is 8.73. The molecule has 2 aromatic carbocycles. The van der Waals surface area contributed by atoms with Gasteiger partial charge in [0.25, 0.3) is 0 Å². The molecule has 4 nitrogen and oxygen atoms in total. The van der Waals surface area contributed by atoms with E-state index in [0.29, 0.717) is 37.6 Å². The first kappa shape index (κ1) is 20.8. The van der Waals surface area contributed by atoms with Crippen molar-refractivity contribution in [2.24, 2.45) is 0 Å². The Balaban J connectivity index is 1.53. The Kier molecular flexibility index (Phi) is 6.06. The van der Waals surface area contributed by atoms with E-state index in [1.165, 1.54) is 23.9 Å². The number of morpholine rings is 1. The van der Waals surface area contributed by atoms with E-state index in [2.05, 4.69) is 0 Å². The monoisotopic (exact) mass is 434 g/mol. The molecule has 4 rings (SSSR count).